The maximum absolute atomic E-state index is 12.2. The van der Waals surface area contributed by atoms with Gasteiger partial charge in [-0.2, -0.15) is 5.10 Å². The maximum Gasteiger partial charge on any atom is 0.277 e. The van der Waals surface area contributed by atoms with Gasteiger partial charge in [0.1, 0.15) is 11.9 Å². The van der Waals surface area contributed by atoms with Crippen LogP contribution in [0.15, 0.2) is 30.5 Å². The van der Waals surface area contributed by atoms with E-state index in [4.69, 9.17) is 16.3 Å². The number of hydrogen-bond donors (Lipinski definition) is 2. The molecule has 3 rings (SSSR count). The van der Waals surface area contributed by atoms with Crippen LogP contribution in [-0.2, 0) is 6.54 Å². The molecule has 0 atom stereocenters. The number of amides is 1. The molecule has 116 valence electrons. The van der Waals surface area contributed by atoms with Gasteiger partial charge in [-0.1, -0.05) is 11.6 Å². The number of ether oxygens (including phenoxy) is 1. The van der Waals surface area contributed by atoms with Crippen molar-refractivity contribution in [3.8, 4) is 5.75 Å². The van der Waals surface area contributed by atoms with Gasteiger partial charge in [-0.25, -0.2) is 0 Å². The van der Waals surface area contributed by atoms with Crippen LogP contribution in [0.1, 0.15) is 17.4 Å². The van der Waals surface area contributed by atoms with Crippen LogP contribution in [0.4, 0.5) is 5.69 Å². The van der Waals surface area contributed by atoms with E-state index in [1.165, 1.54) is 0 Å². The smallest absolute Gasteiger partial charge is 0.277 e. The van der Waals surface area contributed by atoms with E-state index >= 15 is 0 Å². The molecule has 2 aromatic rings. The molecule has 7 heteroatoms. The minimum Gasteiger partial charge on any atom is -0.488 e. The average molecular weight is 321 g/mol. The largest absolute Gasteiger partial charge is 0.488 e. The van der Waals surface area contributed by atoms with E-state index in [-0.39, 0.29) is 17.7 Å². The maximum atomic E-state index is 12.2. The van der Waals surface area contributed by atoms with Gasteiger partial charge in [0.05, 0.1) is 5.02 Å². The quantitative estimate of drug-likeness (QED) is 0.886. The topological polar surface area (TPSA) is 68.2 Å². The molecular formula is C15H17ClN4O2. The Morgan fingerprint density at radius 3 is 2.73 bits per heavy atom. The second-order valence-electron chi connectivity index (χ2n) is 5.06. The van der Waals surface area contributed by atoms with Crippen molar-refractivity contribution < 1.29 is 9.53 Å². The SMILES string of the molecule is CCn1cc(Cl)c(C(=O)Nc2ccc(OC3CNC3)cc2)n1. The molecule has 22 heavy (non-hydrogen) atoms. The number of benzene rings is 1. The van der Waals surface area contributed by atoms with Gasteiger partial charge < -0.3 is 15.4 Å². The fourth-order valence-corrected chi connectivity index (χ4v) is 2.29. The lowest BCUT2D eigenvalue weighted by Crippen LogP contribution is -2.50. The van der Waals surface area contributed by atoms with Gasteiger partial charge >= 0.3 is 0 Å². The number of aromatic nitrogens is 2. The fourth-order valence-electron chi connectivity index (χ4n) is 2.06. The summed E-state index contributed by atoms with van der Waals surface area (Å²) < 4.78 is 7.35. The molecule has 2 heterocycles. The van der Waals surface area contributed by atoms with E-state index in [1.807, 2.05) is 19.1 Å². The molecule has 0 spiro atoms. The minimum absolute atomic E-state index is 0.226. The van der Waals surface area contributed by atoms with E-state index in [1.54, 1.807) is 23.0 Å². The molecule has 1 aliphatic rings. The Labute approximate surface area is 133 Å². The first-order valence-electron chi connectivity index (χ1n) is 7.17. The van der Waals surface area contributed by atoms with Crippen molar-refractivity contribution in [1.82, 2.24) is 15.1 Å². The fraction of sp³-hybridized carbons (Fsp3) is 0.333. The highest BCUT2D eigenvalue weighted by molar-refractivity contribution is 6.34. The van der Waals surface area contributed by atoms with Gasteiger partial charge in [-0.15, -0.1) is 0 Å². The van der Waals surface area contributed by atoms with Gasteiger partial charge in [-0.05, 0) is 31.2 Å². The van der Waals surface area contributed by atoms with Gasteiger partial charge in [0, 0.05) is 31.5 Å². The summed E-state index contributed by atoms with van der Waals surface area (Å²) >= 11 is 6.02. The van der Waals surface area contributed by atoms with Crippen molar-refractivity contribution in [3.05, 3.63) is 41.2 Å². The summed E-state index contributed by atoms with van der Waals surface area (Å²) in [6.45, 7) is 4.34. The molecule has 1 amide bonds. The second kappa shape index (κ2) is 6.37. The van der Waals surface area contributed by atoms with Crippen molar-refractivity contribution in [2.45, 2.75) is 19.6 Å². The van der Waals surface area contributed by atoms with E-state index in [2.05, 4.69) is 15.7 Å². The second-order valence-corrected chi connectivity index (χ2v) is 5.47. The zero-order valence-corrected chi connectivity index (χ0v) is 12.9. The zero-order chi connectivity index (χ0) is 15.5. The van der Waals surface area contributed by atoms with Crippen molar-refractivity contribution in [1.29, 1.82) is 0 Å². The molecule has 0 aliphatic carbocycles. The van der Waals surface area contributed by atoms with Crippen LogP contribution in [0, 0.1) is 0 Å². The Morgan fingerprint density at radius 2 is 2.18 bits per heavy atom. The molecule has 6 nitrogen and oxygen atoms in total. The Hall–Kier alpha value is -2.05. The van der Waals surface area contributed by atoms with E-state index in [9.17, 15) is 4.79 Å². The standard InChI is InChI=1S/C15H17ClN4O2/c1-2-20-9-13(16)14(19-20)15(21)18-10-3-5-11(6-4-10)22-12-7-17-8-12/h3-6,9,12,17H,2,7-8H2,1H3,(H,18,21). The Bertz CT molecular complexity index is 665. The third kappa shape index (κ3) is 3.23. The number of rotatable bonds is 5. The molecule has 1 aromatic heterocycles. The lowest BCUT2D eigenvalue weighted by molar-refractivity contribution is 0.102. The summed E-state index contributed by atoms with van der Waals surface area (Å²) in [5.41, 5.74) is 0.899. The molecule has 0 unspecified atom stereocenters. The van der Waals surface area contributed by atoms with Crippen LogP contribution in [-0.4, -0.2) is 34.9 Å². The molecule has 0 saturated carbocycles. The molecule has 1 aromatic carbocycles. The van der Waals surface area contributed by atoms with Crippen LogP contribution >= 0.6 is 11.6 Å². The predicted molar refractivity (Wildman–Crippen MR) is 84.6 cm³/mol. The van der Waals surface area contributed by atoms with Crippen LogP contribution in [0.5, 0.6) is 5.75 Å². The first kappa shape index (κ1) is 14.9. The molecule has 1 aliphatic heterocycles. The molecule has 1 saturated heterocycles. The summed E-state index contributed by atoms with van der Waals surface area (Å²) in [7, 11) is 0. The van der Waals surface area contributed by atoms with Crippen molar-refractivity contribution in [2.24, 2.45) is 0 Å². The molecule has 1 fully saturated rings. The van der Waals surface area contributed by atoms with Gasteiger partial charge in [-0.3, -0.25) is 9.48 Å². The summed E-state index contributed by atoms with van der Waals surface area (Å²) in [4.78, 5) is 12.2. The molecule has 2 N–H and O–H groups in total. The van der Waals surface area contributed by atoms with Crippen LogP contribution in [0.2, 0.25) is 5.02 Å². The number of nitrogens with one attached hydrogen (secondary N) is 2. The molecule has 0 radical (unpaired) electrons. The van der Waals surface area contributed by atoms with Crippen molar-refractivity contribution in [3.63, 3.8) is 0 Å². The number of hydrogen-bond acceptors (Lipinski definition) is 4. The van der Waals surface area contributed by atoms with Gasteiger partial charge in [0.2, 0.25) is 0 Å². The Kier molecular flexibility index (Phi) is 4.31. The third-order valence-corrected chi connectivity index (χ3v) is 3.69. The van der Waals surface area contributed by atoms with E-state index < -0.39 is 0 Å². The van der Waals surface area contributed by atoms with E-state index in [0.717, 1.165) is 18.8 Å². The average Bonchev–Trinajstić information content (AvgIpc) is 2.86. The first-order valence-corrected chi connectivity index (χ1v) is 7.55. The highest BCUT2D eigenvalue weighted by Gasteiger charge is 2.18. The van der Waals surface area contributed by atoms with Crippen molar-refractivity contribution in [2.75, 3.05) is 18.4 Å². The molecular weight excluding hydrogens is 304 g/mol. The molecule has 0 bridgehead atoms. The zero-order valence-electron chi connectivity index (χ0n) is 12.2. The number of carbonyl (C=O) groups excluding carboxylic acids is 1. The van der Waals surface area contributed by atoms with Gasteiger partial charge in [0.15, 0.2) is 5.69 Å². The van der Waals surface area contributed by atoms with E-state index in [0.29, 0.717) is 17.3 Å². The monoisotopic (exact) mass is 320 g/mol. The lowest BCUT2D eigenvalue weighted by atomic mass is 10.2. The number of carbonyl (C=O) groups is 1. The minimum atomic E-state index is -0.325. The summed E-state index contributed by atoms with van der Waals surface area (Å²) in [6, 6.07) is 7.26. The highest BCUT2D eigenvalue weighted by atomic mass is 35.5. The van der Waals surface area contributed by atoms with Crippen LogP contribution in [0.3, 0.4) is 0 Å². The van der Waals surface area contributed by atoms with Crippen LogP contribution < -0.4 is 15.4 Å². The Morgan fingerprint density at radius 1 is 1.45 bits per heavy atom. The summed E-state index contributed by atoms with van der Waals surface area (Å²) in [6.07, 6.45) is 1.87. The normalized spacial score (nSPS) is 14.5. The lowest BCUT2D eigenvalue weighted by Gasteiger charge is -2.27. The number of nitrogens with zero attached hydrogens (tertiary/aromatic N) is 2. The number of anilines is 1. The van der Waals surface area contributed by atoms with Crippen molar-refractivity contribution >= 4 is 23.2 Å². The number of halogens is 1. The third-order valence-electron chi connectivity index (χ3n) is 3.42. The first-order chi connectivity index (χ1) is 10.7. The summed E-state index contributed by atoms with van der Waals surface area (Å²) in [5, 5.41) is 10.4. The predicted octanol–water partition coefficient (Wildman–Crippen LogP) is 2.16. The van der Waals surface area contributed by atoms with Crippen LogP contribution in [0.25, 0.3) is 0 Å². The summed E-state index contributed by atoms with van der Waals surface area (Å²) in [5.74, 6) is 0.465. The van der Waals surface area contributed by atoms with Gasteiger partial charge in [0.25, 0.3) is 5.91 Å². The highest BCUT2D eigenvalue weighted by Crippen LogP contribution is 2.20. The number of aryl methyl sites for hydroxylation is 1. The Balaban J connectivity index is 1.64.